The Kier molecular flexibility index (Phi) is 3.81. The third-order valence-electron chi connectivity index (χ3n) is 2.77. The molecule has 0 bridgehead atoms. The molecule has 1 aliphatic heterocycles. The smallest absolute Gasteiger partial charge is 0.224 e. The van der Waals surface area contributed by atoms with Crippen LogP contribution >= 0.6 is 23.2 Å². The predicted octanol–water partition coefficient (Wildman–Crippen LogP) is 1.53. The first-order valence-corrected chi connectivity index (χ1v) is 6.09. The van der Waals surface area contributed by atoms with Crippen LogP contribution in [0.2, 0.25) is 10.4 Å². The van der Waals surface area contributed by atoms with E-state index in [1.54, 1.807) is 5.01 Å². The Morgan fingerprint density at radius 3 is 2.88 bits per heavy atom. The van der Waals surface area contributed by atoms with E-state index in [1.807, 2.05) is 11.9 Å². The van der Waals surface area contributed by atoms with Crippen molar-refractivity contribution in [2.24, 2.45) is 0 Å². The van der Waals surface area contributed by atoms with Crippen molar-refractivity contribution in [2.75, 3.05) is 13.1 Å². The number of hydrazine groups is 1. The summed E-state index contributed by atoms with van der Waals surface area (Å²) in [6, 6.07) is 0. The number of fused-ring (bicyclic) bond motifs is 1. The molecule has 17 heavy (non-hydrogen) atoms. The fourth-order valence-electron chi connectivity index (χ4n) is 1.89. The summed E-state index contributed by atoms with van der Waals surface area (Å²) >= 11 is 11.8. The molecule has 2 heterocycles. The van der Waals surface area contributed by atoms with Crippen molar-refractivity contribution in [3.63, 3.8) is 0 Å². The lowest BCUT2D eigenvalue weighted by Crippen LogP contribution is -2.44. The summed E-state index contributed by atoms with van der Waals surface area (Å²) in [7, 11) is 0. The quantitative estimate of drug-likeness (QED) is 0.477. The van der Waals surface area contributed by atoms with Gasteiger partial charge in [0, 0.05) is 31.6 Å². The lowest BCUT2D eigenvalue weighted by molar-refractivity contribution is -0.135. The molecule has 1 aromatic heterocycles. The lowest BCUT2D eigenvalue weighted by atomic mass is 10.1. The van der Waals surface area contributed by atoms with Crippen LogP contribution in [0.15, 0.2) is 0 Å². The molecule has 0 spiro atoms. The minimum atomic E-state index is 0.171. The minimum absolute atomic E-state index is 0.171. The molecule has 5 nitrogen and oxygen atoms in total. The topological polar surface area (TPSA) is 49.3 Å². The molecule has 0 aromatic carbocycles. The van der Waals surface area contributed by atoms with Gasteiger partial charge in [0.2, 0.25) is 11.7 Å². The van der Waals surface area contributed by atoms with Gasteiger partial charge >= 0.3 is 0 Å². The van der Waals surface area contributed by atoms with Crippen LogP contribution in [0.25, 0.3) is 0 Å². The number of hydrogen-bond acceptors (Lipinski definition) is 4. The van der Waals surface area contributed by atoms with E-state index in [-0.39, 0.29) is 5.28 Å². The van der Waals surface area contributed by atoms with E-state index >= 15 is 0 Å². The molecular weight excluding hydrogens is 263 g/mol. The van der Waals surface area contributed by atoms with Crippen molar-refractivity contribution >= 4 is 29.6 Å². The minimum Gasteiger partial charge on any atom is -0.278 e. The average molecular weight is 275 g/mol. The molecular formula is C10H12Cl2N4O. The molecule has 0 saturated heterocycles. The first kappa shape index (κ1) is 12.5. The second kappa shape index (κ2) is 5.16. The maximum Gasteiger partial charge on any atom is 0.224 e. The highest BCUT2D eigenvalue weighted by molar-refractivity contribution is 6.32. The number of nitrogens with zero attached hydrogens (tertiary/aromatic N) is 4. The molecule has 7 heteroatoms. The highest BCUT2D eigenvalue weighted by Crippen LogP contribution is 2.25. The van der Waals surface area contributed by atoms with Crippen LogP contribution in [0, 0.1) is 0 Å². The van der Waals surface area contributed by atoms with Crippen LogP contribution in [-0.4, -0.2) is 39.5 Å². The Hall–Kier alpha value is -0.910. The first-order chi connectivity index (χ1) is 8.15. The number of carbonyl (C=O) groups excluding carboxylic acids is 1. The number of hydrogen-bond donors (Lipinski definition) is 0. The van der Waals surface area contributed by atoms with E-state index in [1.165, 1.54) is 0 Å². The van der Waals surface area contributed by atoms with Gasteiger partial charge in [0.25, 0.3) is 0 Å². The van der Waals surface area contributed by atoms with Gasteiger partial charge in [-0.05, 0) is 18.5 Å². The van der Waals surface area contributed by atoms with Crippen molar-refractivity contribution in [1.29, 1.82) is 0 Å². The molecule has 0 unspecified atom stereocenters. The fourth-order valence-corrected chi connectivity index (χ4v) is 2.37. The second-order valence-electron chi connectivity index (χ2n) is 3.71. The number of carbonyl (C=O) groups is 1. The Bertz CT molecular complexity index is 441. The van der Waals surface area contributed by atoms with Gasteiger partial charge in [0.15, 0.2) is 0 Å². The van der Waals surface area contributed by atoms with Crippen molar-refractivity contribution in [1.82, 2.24) is 20.0 Å². The van der Waals surface area contributed by atoms with Crippen molar-refractivity contribution in [3.05, 3.63) is 21.7 Å². The lowest BCUT2D eigenvalue weighted by Gasteiger charge is -2.34. The largest absolute Gasteiger partial charge is 0.278 e. The fraction of sp³-hybridized carbons (Fsp3) is 0.500. The van der Waals surface area contributed by atoms with E-state index in [2.05, 4.69) is 9.97 Å². The SMILES string of the molecule is CCN(C=O)N1CCc2nc(Cl)nc(Cl)c2C1. The van der Waals surface area contributed by atoms with Crippen LogP contribution in [0.5, 0.6) is 0 Å². The van der Waals surface area contributed by atoms with Gasteiger partial charge in [0.05, 0.1) is 5.69 Å². The molecule has 1 aromatic rings. The summed E-state index contributed by atoms with van der Waals surface area (Å²) in [5.74, 6) is 0. The van der Waals surface area contributed by atoms with Gasteiger partial charge < -0.3 is 0 Å². The summed E-state index contributed by atoms with van der Waals surface area (Å²) < 4.78 is 0. The molecule has 0 N–H and O–H groups in total. The predicted molar refractivity (Wildman–Crippen MR) is 64.6 cm³/mol. The average Bonchev–Trinajstić information content (AvgIpc) is 2.31. The molecule has 92 valence electrons. The van der Waals surface area contributed by atoms with Gasteiger partial charge in [-0.2, -0.15) is 0 Å². The van der Waals surface area contributed by atoms with E-state index in [9.17, 15) is 4.79 Å². The molecule has 1 amide bonds. The summed E-state index contributed by atoms with van der Waals surface area (Å²) in [4.78, 5) is 19.0. The number of aromatic nitrogens is 2. The van der Waals surface area contributed by atoms with Crippen molar-refractivity contribution < 1.29 is 4.79 Å². The summed E-state index contributed by atoms with van der Waals surface area (Å²) in [5.41, 5.74) is 1.72. The van der Waals surface area contributed by atoms with Crippen LogP contribution in [0.4, 0.5) is 0 Å². The molecule has 2 rings (SSSR count). The van der Waals surface area contributed by atoms with Crippen molar-refractivity contribution in [2.45, 2.75) is 19.9 Å². The summed E-state index contributed by atoms with van der Waals surface area (Å²) in [6.45, 7) is 3.82. The van der Waals surface area contributed by atoms with Crippen LogP contribution in [-0.2, 0) is 17.8 Å². The summed E-state index contributed by atoms with van der Waals surface area (Å²) in [5, 5.41) is 4.09. The zero-order valence-electron chi connectivity index (χ0n) is 9.36. The number of amides is 1. The van der Waals surface area contributed by atoms with Gasteiger partial charge in [0.1, 0.15) is 5.15 Å². The second-order valence-corrected chi connectivity index (χ2v) is 4.40. The highest BCUT2D eigenvalue weighted by Gasteiger charge is 2.24. The number of halogens is 2. The maximum absolute atomic E-state index is 10.9. The number of rotatable bonds is 3. The normalized spacial score (nSPS) is 15.5. The standard InChI is InChI=1S/C10H12Cl2N4O/c1-2-15(6-17)16-4-3-8-7(5-16)9(11)14-10(12)13-8/h6H,2-5H2,1H3. The van der Waals surface area contributed by atoms with E-state index in [0.29, 0.717) is 24.7 Å². The van der Waals surface area contributed by atoms with Gasteiger partial charge in [-0.3, -0.25) is 9.80 Å². The van der Waals surface area contributed by atoms with E-state index in [4.69, 9.17) is 23.2 Å². The Morgan fingerprint density at radius 2 is 2.24 bits per heavy atom. The molecule has 1 aliphatic rings. The monoisotopic (exact) mass is 274 g/mol. The van der Waals surface area contributed by atoms with Crippen LogP contribution < -0.4 is 0 Å². The molecule has 0 radical (unpaired) electrons. The van der Waals surface area contributed by atoms with E-state index < -0.39 is 0 Å². The van der Waals surface area contributed by atoms with Gasteiger partial charge in [-0.25, -0.2) is 15.0 Å². The van der Waals surface area contributed by atoms with Crippen LogP contribution in [0.1, 0.15) is 18.2 Å². The van der Waals surface area contributed by atoms with E-state index in [0.717, 1.165) is 24.2 Å². The zero-order chi connectivity index (χ0) is 12.4. The molecule has 0 atom stereocenters. The third kappa shape index (κ3) is 2.51. The Balaban J connectivity index is 2.27. The highest BCUT2D eigenvalue weighted by atomic mass is 35.5. The summed E-state index contributed by atoms with van der Waals surface area (Å²) in [6.07, 6.45) is 1.53. The Morgan fingerprint density at radius 1 is 1.47 bits per heavy atom. The third-order valence-corrected chi connectivity index (χ3v) is 3.25. The molecule has 0 fully saturated rings. The zero-order valence-corrected chi connectivity index (χ0v) is 10.9. The van der Waals surface area contributed by atoms with Crippen LogP contribution in [0.3, 0.4) is 0 Å². The van der Waals surface area contributed by atoms with Gasteiger partial charge in [-0.1, -0.05) is 11.6 Å². The van der Waals surface area contributed by atoms with Crippen molar-refractivity contribution in [3.8, 4) is 0 Å². The molecule has 0 saturated carbocycles. The first-order valence-electron chi connectivity index (χ1n) is 5.33. The molecule has 0 aliphatic carbocycles. The Labute approximate surface area is 109 Å². The maximum atomic E-state index is 10.9. The van der Waals surface area contributed by atoms with Gasteiger partial charge in [-0.15, -0.1) is 0 Å².